The van der Waals surface area contributed by atoms with Crippen LogP contribution in [0.3, 0.4) is 0 Å². The van der Waals surface area contributed by atoms with Crippen molar-refractivity contribution in [2.45, 2.75) is 19.4 Å². The molecule has 3 nitrogen and oxygen atoms in total. The highest BCUT2D eigenvalue weighted by atomic mass is 19.1. The van der Waals surface area contributed by atoms with Gasteiger partial charge >= 0.3 is 0 Å². The standard InChI is InChI=1S/C17H15F2N3/c18-15-7-9-17(19)14(10-15)6-8-16-12-22(21-20-16)11-13-4-2-1-3-5-13/h1-5,7,9-10,12H,6,8,11H2. The van der Waals surface area contributed by atoms with Crippen LogP contribution in [0.5, 0.6) is 0 Å². The molecule has 0 saturated heterocycles. The second kappa shape index (κ2) is 6.47. The predicted octanol–water partition coefficient (Wildman–Crippen LogP) is 3.39. The number of benzene rings is 2. The van der Waals surface area contributed by atoms with E-state index in [-0.39, 0.29) is 0 Å². The molecule has 0 N–H and O–H groups in total. The van der Waals surface area contributed by atoms with E-state index in [0.717, 1.165) is 23.4 Å². The summed E-state index contributed by atoms with van der Waals surface area (Å²) in [5, 5.41) is 8.14. The number of nitrogens with zero attached hydrogens (tertiary/aromatic N) is 3. The second-order valence-electron chi connectivity index (χ2n) is 5.13. The van der Waals surface area contributed by atoms with Gasteiger partial charge in [0, 0.05) is 6.20 Å². The van der Waals surface area contributed by atoms with E-state index in [4.69, 9.17) is 0 Å². The molecule has 0 amide bonds. The fourth-order valence-corrected chi connectivity index (χ4v) is 2.30. The first-order chi connectivity index (χ1) is 10.7. The van der Waals surface area contributed by atoms with Crippen molar-refractivity contribution in [2.75, 3.05) is 0 Å². The molecule has 1 heterocycles. The fraction of sp³-hybridized carbons (Fsp3) is 0.176. The number of halogens is 2. The summed E-state index contributed by atoms with van der Waals surface area (Å²) in [4.78, 5) is 0. The average Bonchev–Trinajstić information content (AvgIpc) is 2.97. The van der Waals surface area contributed by atoms with E-state index in [1.807, 2.05) is 36.5 Å². The Hall–Kier alpha value is -2.56. The maximum absolute atomic E-state index is 13.6. The molecule has 0 atom stereocenters. The molecule has 5 heteroatoms. The fourth-order valence-electron chi connectivity index (χ4n) is 2.30. The van der Waals surface area contributed by atoms with Crippen LogP contribution in [0, 0.1) is 11.6 Å². The molecule has 0 unspecified atom stereocenters. The maximum atomic E-state index is 13.6. The molecule has 0 aliphatic carbocycles. The highest BCUT2D eigenvalue weighted by Crippen LogP contribution is 2.12. The Morgan fingerprint density at radius 3 is 2.59 bits per heavy atom. The van der Waals surface area contributed by atoms with E-state index < -0.39 is 11.6 Å². The molecule has 0 radical (unpaired) electrons. The number of hydrogen-bond donors (Lipinski definition) is 0. The van der Waals surface area contributed by atoms with Crippen LogP contribution in [0.4, 0.5) is 8.78 Å². The smallest absolute Gasteiger partial charge is 0.126 e. The van der Waals surface area contributed by atoms with Gasteiger partial charge in [0.15, 0.2) is 0 Å². The maximum Gasteiger partial charge on any atom is 0.126 e. The van der Waals surface area contributed by atoms with Crippen molar-refractivity contribution in [3.63, 3.8) is 0 Å². The zero-order valence-corrected chi connectivity index (χ0v) is 11.9. The molecule has 3 rings (SSSR count). The molecule has 0 spiro atoms. The molecule has 0 aliphatic heterocycles. The van der Waals surface area contributed by atoms with Gasteiger partial charge in [0.2, 0.25) is 0 Å². The molecule has 3 aromatic rings. The van der Waals surface area contributed by atoms with Crippen LogP contribution in [0.2, 0.25) is 0 Å². The van der Waals surface area contributed by atoms with Gasteiger partial charge < -0.3 is 0 Å². The second-order valence-corrected chi connectivity index (χ2v) is 5.13. The molecule has 2 aromatic carbocycles. The van der Waals surface area contributed by atoms with Gasteiger partial charge in [-0.3, -0.25) is 0 Å². The van der Waals surface area contributed by atoms with Gasteiger partial charge in [-0.1, -0.05) is 35.5 Å². The van der Waals surface area contributed by atoms with E-state index in [1.54, 1.807) is 4.68 Å². The van der Waals surface area contributed by atoms with Crippen LogP contribution in [0.1, 0.15) is 16.8 Å². The van der Waals surface area contributed by atoms with Gasteiger partial charge in [-0.2, -0.15) is 0 Å². The van der Waals surface area contributed by atoms with Crippen molar-refractivity contribution >= 4 is 0 Å². The van der Waals surface area contributed by atoms with Crippen molar-refractivity contribution in [2.24, 2.45) is 0 Å². The molecule has 0 fully saturated rings. The third-order valence-corrected chi connectivity index (χ3v) is 3.43. The first-order valence-corrected chi connectivity index (χ1v) is 7.07. The molecular formula is C17H15F2N3. The van der Waals surface area contributed by atoms with Crippen molar-refractivity contribution in [1.29, 1.82) is 0 Å². The Morgan fingerprint density at radius 1 is 0.955 bits per heavy atom. The number of hydrogen-bond acceptors (Lipinski definition) is 2. The van der Waals surface area contributed by atoms with Gasteiger partial charge in [-0.05, 0) is 42.2 Å². The lowest BCUT2D eigenvalue weighted by atomic mass is 10.1. The number of rotatable bonds is 5. The minimum Gasteiger partial charge on any atom is -0.248 e. The molecule has 0 bridgehead atoms. The van der Waals surface area contributed by atoms with E-state index in [2.05, 4.69) is 10.3 Å². The van der Waals surface area contributed by atoms with Crippen LogP contribution >= 0.6 is 0 Å². The predicted molar refractivity (Wildman–Crippen MR) is 79.3 cm³/mol. The summed E-state index contributed by atoms with van der Waals surface area (Å²) >= 11 is 0. The molecule has 0 saturated carbocycles. The quantitative estimate of drug-likeness (QED) is 0.723. The van der Waals surface area contributed by atoms with Gasteiger partial charge in [0.1, 0.15) is 11.6 Å². The molecule has 1 aromatic heterocycles. The third-order valence-electron chi connectivity index (χ3n) is 3.43. The summed E-state index contributed by atoms with van der Waals surface area (Å²) in [6, 6.07) is 13.4. The molecule has 112 valence electrons. The van der Waals surface area contributed by atoms with E-state index >= 15 is 0 Å². The summed E-state index contributed by atoms with van der Waals surface area (Å²) < 4.78 is 28.4. The summed E-state index contributed by atoms with van der Waals surface area (Å²) in [5.41, 5.74) is 2.26. The van der Waals surface area contributed by atoms with Crippen molar-refractivity contribution in [1.82, 2.24) is 15.0 Å². The summed E-state index contributed by atoms with van der Waals surface area (Å²) in [6.45, 7) is 0.641. The topological polar surface area (TPSA) is 30.7 Å². The molecule has 0 aliphatic rings. The van der Waals surface area contributed by atoms with Crippen LogP contribution in [0.15, 0.2) is 54.7 Å². The summed E-state index contributed by atoms with van der Waals surface area (Å²) in [7, 11) is 0. The zero-order valence-electron chi connectivity index (χ0n) is 11.9. The molecule has 22 heavy (non-hydrogen) atoms. The Morgan fingerprint density at radius 2 is 1.77 bits per heavy atom. The Bertz CT molecular complexity index is 754. The lowest BCUT2D eigenvalue weighted by molar-refractivity contribution is 0.583. The Labute approximate surface area is 127 Å². The van der Waals surface area contributed by atoms with Crippen LogP contribution in [0.25, 0.3) is 0 Å². The summed E-state index contributed by atoms with van der Waals surface area (Å²) in [5.74, 6) is -0.817. The number of aromatic nitrogens is 3. The largest absolute Gasteiger partial charge is 0.248 e. The van der Waals surface area contributed by atoms with Gasteiger partial charge in [0.25, 0.3) is 0 Å². The van der Waals surface area contributed by atoms with E-state index in [1.165, 1.54) is 6.07 Å². The Balaban J connectivity index is 1.63. The highest BCUT2D eigenvalue weighted by molar-refractivity contribution is 5.20. The summed E-state index contributed by atoms with van der Waals surface area (Å²) in [6.07, 6.45) is 2.76. The lowest BCUT2D eigenvalue weighted by Gasteiger charge is -2.01. The van der Waals surface area contributed by atoms with Gasteiger partial charge in [-0.15, -0.1) is 5.10 Å². The average molecular weight is 299 g/mol. The zero-order chi connectivity index (χ0) is 15.4. The SMILES string of the molecule is Fc1ccc(F)c(CCc2cn(Cc3ccccc3)nn2)c1. The monoisotopic (exact) mass is 299 g/mol. The number of aryl methyl sites for hydroxylation is 2. The van der Waals surface area contributed by atoms with Crippen LogP contribution < -0.4 is 0 Å². The van der Waals surface area contributed by atoms with Crippen LogP contribution in [-0.4, -0.2) is 15.0 Å². The van der Waals surface area contributed by atoms with Gasteiger partial charge in [-0.25, -0.2) is 13.5 Å². The Kier molecular flexibility index (Phi) is 4.23. The first kappa shape index (κ1) is 14.4. The molecular weight excluding hydrogens is 284 g/mol. The third kappa shape index (κ3) is 3.55. The normalized spacial score (nSPS) is 10.8. The first-order valence-electron chi connectivity index (χ1n) is 7.07. The minimum absolute atomic E-state index is 0.359. The van der Waals surface area contributed by atoms with Crippen molar-refractivity contribution in [3.8, 4) is 0 Å². The van der Waals surface area contributed by atoms with Crippen LogP contribution in [-0.2, 0) is 19.4 Å². The highest BCUT2D eigenvalue weighted by Gasteiger charge is 2.07. The minimum atomic E-state index is -0.427. The van der Waals surface area contributed by atoms with E-state index in [0.29, 0.717) is 24.9 Å². The van der Waals surface area contributed by atoms with Crippen molar-refractivity contribution < 1.29 is 8.78 Å². The lowest BCUT2D eigenvalue weighted by Crippen LogP contribution is -1.99. The van der Waals surface area contributed by atoms with Gasteiger partial charge in [0.05, 0.1) is 12.2 Å². The van der Waals surface area contributed by atoms with E-state index in [9.17, 15) is 8.78 Å². The van der Waals surface area contributed by atoms with Crippen molar-refractivity contribution in [3.05, 3.63) is 83.2 Å².